The van der Waals surface area contributed by atoms with E-state index in [0.717, 1.165) is 5.69 Å². The first-order valence-corrected chi connectivity index (χ1v) is 6.03. The second kappa shape index (κ2) is 3.60. The fraction of sp³-hybridized carbons (Fsp3) is 0.400. The lowest BCUT2D eigenvalue weighted by Gasteiger charge is -2.08. The van der Waals surface area contributed by atoms with Crippen molar-refractivity contribution in [1.82, 2.24) is 0 Å². The van der Waals surface area contributed by atoms with Gasteiger partial charge in [-0.1, -0.05) is 6.07 Å². The van der Waals surface area contributed by atoms with Crippen molar-refractivity contribution >= 4 is 17.0 Å². The van der Waals surface area contributed by atoms with E-state index in [4.69, 9.17) is 0 Å². The molecule has 0 amide bonds. The average Bonchev–Trinajstić information content (AvgIpc) is 2.49. The molecule has 0 radical (unpaired) electrons. The topological polar surface area (TPSA) is 35.1 Å². The van der Waals surface area contributed by atoms with Crippen LogP contribution in [0, 0.1) is 0 Å². The number of fused-ring (bicyclic) bond motifs is 1. The number of aryl methyl sites for hydroxylation is 2. The van der Waals surface area contributed by atoms with Crippen LogP contribution in [-0.2, 0) is 24.2 Å². The molecule has 2 nitrogen and oxygen atoms in total. The zero-order valence-electron chi connectivity index (χ0n) is 7.67. The molecule has 0 aromatic heterocycles. The van der Waals surface area contributed by atoms with Crippen molar-refractivity contribution < 1.29 is 4.55 Å². The zero-order chi connectivity index (χ0) is 9.26. The molecule has 0 saturated carbocycles. The maximum atomic E-state index is 10.9. The third kappa shape index (κ3) is 1.98. The number of anilines is 1. The van der Waals surface area contributed by atoms with E-state index in [1.807, 2.05) is 6.07 Å². The summed E-state index contributed by atoms with van der Waals surface area (Å²) in [5.74, 6) is 0. The molecule has 1 aliphatic rings. The molecule has 0 saturated heterocycles. The average molecular weight is 195 g/mol. The molecular weight excluding hydrogens is 182 g/mol. The zero-order valence-corrected chi connectivity index (χ0v) is 8.49. The Balaban J connectivity index is 2.21. The monoisotopic (exact) mass is 195 g/mol. The second-order valence-electron chi connectivity index (χ2n) is 3.39. The van der Waals surface area contributed by atoms with Gasteiger partial charge in [0.25, 0.3) is 0 Å². The predicted molar refractivity (Wildman–Crippen MR) is 56.2 cm³/mol. The quantitative estimate of drug-likeness (QED) is 0.731. The van der Waals surface area contributed by atoms with Crippen LogP contribution in [0.1, 0.15) is 17.5 Å². The summed E-state index contributed by atoms with van der Waals surface area (Å²) in [6, 6.07) is 6.26. The van der Waals surface area contributed by atoms with E-state index in [-0.39, 0.29) is 0 Å². The fourth-order valence-electron chi connectivity index (χ4n) is 1.80. The molecule has 0 heterocycles. The van der Waals surface area contributed by atoms with Crippen molar-refractivity contribution in [2.75, 3.05) is 11.0 Å². The van der Waals surface area contributed by atoms with Crippen LogP contribution in [0.5, 0.6) is 0 Å². The molecule has 1 aliphatic carbocycles. The highest BCUT2D eigenvalue weighted by atomic mass is 32.2. The first-order chi connectivity index (χ1) is 6.25. The van der Waals surface area contributed by atoms with E-state index < -0.39 is 11.4 Å². The molecule has 1 N–H and O–H groups in total. The van der Waals surface area contributed by atoms with Gasteiger partial charge < -0.3 is 4.55 Å². The third-order valence-corrected chi connectivity index (χ3v) is 2.88. The lowest BCUT2D eigenvalue weighted by Crippen LogP contribution is -2.09. The minimum absolute atomic E-state index is 0.963. The van der Waals surface area contributed by atoms with Gasteiger partial charge >= 0.3 is 0 Å². The molecule has 1 unspecified atom stereocenters. The Morgan fingerprint density at radius 3 is 2.85 bits per heavy atom. The van der Waals surface area contributed by atoms with Gasteiger partial charge in [-0.15, -0.1) is 0 Å². The number of benzene rings is 1. The van der Waals surface area contributed by atoms with E-state index in [9.17, 15) is 4.55 Å². The summed E-state index contributed by atoms with van der Waals surface area (Å²) in [7, 11) is 0. The minimum Gasteiger partial charge on any atom is -0.593 e. The van der Waals surface area contributed by atoms with Crippen molar-refractivity contribution in [2.24, 2.45) is 0 Å². The standard InChI is InChI=1S/C10H13NOS/c1-13(12)11-10-6-5-8-3-2-4-9(8)7-10/h5-7,11H,2-4H2,1H3. The van der Waals surface area contributed by atoms with Crippen LogP contribution in [0.3, 0.4) is 0 Å². The maximum absolute atomic E-state index is 10.9. The number of rotatable bonds is 2. The van der Waals surface area contributed by atoms with E-state index in [2.05, 4.69) is 16.9 Å². The molecular formula is C10H13NOS. The number of nitrogens with one attached hydrogen (secondary N) is 1. The minimum atomic E-state index is -0.963. The normalized spacial score (nSPS) is 16.8. The summed E-state index contributed by atoms with van der Waals surface area (Å²) in [6.45, 7) is 0. The van der Waals surface area contributed by atoms with Gasteiger partial charge in [0.2, 0.25) is 0 Å². The first kappa shape index (κ1) is 8.91. The van der Waals surface area contributed by atoms with Crippen LogP contribution >= 0.6 is 0 Å². The van der Waals surface area contributed by atoms with Gasteiger partial charge in [-0.2, -0.15) is 0 Å². The molecule has 0 aliphatic heterocycles. The Hall–Kier alpha value is -0.670. The van der Waals surface area contributed by atoms with E-state index in [1.165, 1.54) is 30.4 Å². The Morgan fingerprint density at radius 1 is 1.31 bits per heavy atom. The largest absolute Gasteiger partial charge is 0.593 e. The smallest absolute Gasteiger partial charge is 0.121 e. The van der Waals surface area contributed by atoms with Crippen LogP contribution < -0.4 is 4.72 Å². The van der Waals surface area contributed by atoms with Crippen molar-refractivity contribution in [2.45, 2.75) is 19.3 Å². The summed E-state index contributed by atoms with van der Waals surface area (Å²) in [5, 5.41) is 0. The Bertz CT molecular complexity index is 312. The molecule has 2 rings (SSSR count). The van der Waals surface area contributed by atoms with Crippen molar-refractivity contribution in [3.05, 3.63) is 29.3 Å². The van der Waals surface area contributed by atoms with Gasteiger partial charge in [0.1, 0.15) is 6.26 Å². The molecule has 3 heteroatoms. The maximum Gasteiger partial charge on any atom is 0.121 e. The number of hydrogen-bond acceptors (Lipinski definition) is 2. The molecule has 70 valence electrons. The van der Waals surface area contributed by atoms with Crippen molar-refractivity contribution in [3.63, 3.8) is 0 Å². The molecule has 1 aromatic rings. The van der Waals surface area contributed by atoms with Crippen LogP contribution in [0.4, 0.5) is 5.69 Å². The van der Waals surface area contributed by atoms with Gasteiger partial charge in [0.15, 0.2) is 0 Å². The van der Waals surface area contributed by atoms with E-state index >= 15 is 0 Å². The summed E-state index contributed by atoms with van der Waals surface area (Å²) in [6.07, 6.45) is 5.27. The molecule has 0 spiro atoms. The second-order valence-corrected chi connectivity index (χ2v) is 4.51. The van der Waals surface area contributed by atoms with Gasteiger partial charge in [0, 0.05) is 0 Å². The highest BCUT2D eigenvalue weighted by Gasteiger charge is 2.11. The summed E-state index contributed by atoms with van der Waals surface area (Å²) in [4.78, 5) is 0. The molecule has 13 heavy (non-hydrogen) atoms. The van der Waals surface area contributed by atoms with Crippen molar-refractivity contribution in [3.8, 4) is 0 Å². The van der Waals surface area contributed by atoms with E-state index in [1.54, 1.807) is 6.26 Å². The van der Waals surface area contributed by atoms with Gasteiger partial charge in [-0.3, -0.25) is 0 Å². The van der Waals surface area contributed by atoms with Crippen LogP contribution in [0.15, 0.2) is 18.2 Å². The first-order valence-electron chi connectivity index (χ1n) is 4.47. The third-order valence-electron chi connectivity index (χ3n) is 2.36. The van der Waals surface area contributed by atoms with Gasteiger partial charge in [-0.25, -0.2) is 4.72 Å². The fourth-order valence-corrected chi connectivity index (χ4v) is 2.26. The van der Waals surface area contributed by atoms with Crippen LogP contribution in [0.2, 0.25) is 0 Å². The van der Waals surface area contributed by atoms with Gasteiger partial charge in [-0.05, 0) is 42.5 Å². The summed E-state index contributed by atoms with van der Waals surface area (Å²) >= 11 is -0.963. The molecule has 0 bridgehead atoms. The number of hydrogen-bond donors (Lipinski definition) is 1. The van der Waals surface area contributed by atoms with Gasteiger partial charge in [0.05, 0.1) is 17.0 Å². The van der Waals surface area contributed by atoms with Crippen LogP contribution in [-0.4, -0.2) is 10.8 Å². The SMILES string of the molecule is C[S+]([O-])Nc1ccc2c(c1)CCC2. The Labute approximate surface area is 81.7 Å². The highest BCUT2D eigenvalue weighted by Crippen LogP contribution is 2.25. The summed E-state index contributed by atoms with van der Waals surface area (Å²) in [5.41, 5.74) is 3.84. The van der Waals surface area contributed by atoms with Crippen LogP contribution in [0.25, 0.3) is 0 Å². The lowest BCUT2D eigenvalue weighted by atomic mass is 10.1. The predicted octanol–water partition coefficient (Wildman–Crippen LogP) is 1.88. The molecule has 1 aromatic carbocycles. The van der Waals surface area contributed by atoms with E-state index in [0.29, 0.717) is 0 Å². The van der Waals surface area contributed by atoms with Crippen molar-refractivity contribution in [1.29, 1.82) is 0 Å². The summed E-state index contributed by atoms with van der Waals surface area (Å²) < 4.78 is 13.8. The Kier molecular flexibility index (Phi) is 2.47. The lowest BCUT2D eigenvalue weighted by molar-refractivity contribution is 0.605. The Morgan fingerprint density at radius 2 is 2.08 bits per heavy atom. The molecule has 1 atom stereocenters. The molecule has 0 fully saturated rings. The highest BCUT2D eigenvalue weighted by molar-refractivity contribution is 7.92.